The average Bonchev–Trinajstić information content (AvgIpc) is 2.45. The lowest BCUT2D eigenvalue weighted by Gasteiger charge is -2.17. The number of carboxylic acid groups (broad SMARTS) is 1. The minimum Gasteiger partial charge on any atom is -0.480 e. The van der Waals surface area contributed by atoms with Gasteiger partial charge in [0.05, 0.1) is 17.6 Å². The molecule has 23 heavy (non-hydrogen) atoms. The smallest absolute Gasteiger partial charge is 0.338 e. The molecule has 1 atom stereocenters. The number of carbonyl (C=O) groups excluding carboxylic acids is 1. The van der Waals surface area contributed by atoms with Gasteiger partial charge in [0, 0.05) is 0 Å². The largest absolute Gasteiger partial charge is 0.480 e. The molecular formula is C15H21NO6S. The SMILES string of the molecule is COC(=O)c1cc(S(=O)(=O)N[C@H](CC(C)C)C(=O)O)ccc1C. The summed E-state index contributed by atoms with van der Waals surface area (Å²) >= 11 is 0. The Morgan fingerprint density at radius 3 is 2.39 bits per heavy atom. The molecule has 0 saturated heterocycles. The highest BCUT2D eigenvalue weighted by molar-refractivity contribution is 7.89. The molecule has 2 N–H and O–H groups in total. The highest BCUT2D eigenvalue weighted by atomic mass is 32.2. The normalized spacial score (nSPS) is 12.9. The van der Waals surface area contributed by atoms with Gasteiger partial charge in [-0.2, -0.15) is 4.72 Å². The predicted octanol–water partition coefficient (Wildman–Crippen LogP) is 1.56. The van der Waals surface area contributed by atoms with Crippen LogP contribution in [0.25, 0.3) is 0 Å². The number of methoxy groups -OCH3 is 1. The van der Waals surface area contributed by atoms with Crippen LogP contribution in [0, 0.1) is 12.8 Å². The van der Waals surface area contributed by atoms with Gasteiger partial charge in [-0.3, -0.25) is 4.79 Å². The van der Waals surface area contributed by atoms with E-state index >= 15 is 0 Å². The molecule has 7 nitrogen and oxygen atoms in total. The van der Waals surface area contributed by atoms with E-state index in [2.05, 4.69) is 9.46 Å². The summed E-state index contributed by atoms with van der Waals surface area (Å²) in [6.07, 6.45) is 0.157. The van der Waals surface area contributed by atoms with Crippen molar-refractivity contribution in [2.45, 2.75) is 38.1 Å². The number of hydrogen-bond acceptors (Lipinski definition) is 5. The van der Waals surface area contributed by atoms with E-state index in [1.807, 2.05) is 0 Å². The molecule has 0 fully saturated rings. The van der Waals surface area contributed by atoms with E-state index in [1.165, 1.54) is 25.3 Å². The van der Waals surface area contributed by atoms with Gasteiger partial charge in [-0.1, -0.05) is 19.9 Å². The Balaban J connectivity index is 3.17. The zero-order valence-electron chi connectivity index (χ0n) is 13.5. The van der Waals surface area contributed by atoms with Gasteiger partial charge in [-0.15, -0.1) is 0 Å². The number of rotatable bonds is 7. The fourth-order valence-electron chi connectivity index (χ4n) is 2.02. The molecule has 0 aliphatic carbocycles. The molecule has 8 heteroatoms. The Morgan fingerprint density at radius 2 is 1.91 bits per heavy atom. The van der Waals surface area contributed by atoms with Crippen molar-refractivity contribution in [1.29, 1.82) is 0 Å². The van der Waals surface area contributed by atoms with Crippen LogP contribution < -0.4 is 4.72 Å². The van der Waals surface area contributed by atoms with Crippen molar-refractivity contribution in [3.63, 3.8) is 0 Å². The number of ether oxygens (including phenoxy) is 1. The molecule has 0 amide bonds. The quantitative estimate of drug-likeness (QED) is 0.727. The van der Waals surface area contributed by atoms with Crippen LogP contribution in [0.3, 0.4) is 0 Å². The van der Waals surface area contributed by atoms with Crippen molar-refractivity contribution in [1.82, 2.24) is 4.72 Å². The van der Waals surface area contributed by atoms with Crippen molar-refractivity contribution in [3.8, 4) is 0 Å². The van der Waals surface area contributed by atoms with Crippen molar-refractivity contribution >= 4 is 22.0 Å². The van der Waals surface area contributed by atoms with Crippen LogP contribution >= 0.6 is 0 Å². The predicted molar refractivity (Wildman–Crippen MR) is 83.7 cm³/mol. The Kier molecular flexibility index (Phi) is 6.28. The van der Waals surface area contributed by atoms with Gasteiger partial charge in [-0.25, -0.2) is 13.2 Å². The molecule has 0 spiro atoms. The lowest BCUT2D eigenvalue weighted by molar-refractivity contribution is -0.139. The number of esters is 1. The van der Waals surface area contributed by atoms with Crippen LogP contribution in [0.5, 0.6) is 0 Å². The molecule has 0 bridgehead atoms. The lowest BCUT2D eigenvalue weighted by Crippen LogP contribution is -2.41. The zero-order valence-corrected chi connectivity index (χ0v) is 14.3. The van der Waals surface area contributed by atoms with Crippen molar-refractivity contribution in [2.75, 3.05) is 7.11 Å². The van der Waals surface area contributed by atoms with Gasteiger partial charge >= 0.3 is 11.9 Å². The van der Waals surface area contributed by atoms with Crippen LogP contribution in [0.2, 0.25) is 0 Å². The molecule has 1 aromatic rings. The maximum atomic E-state index is 12.4. The van der Waals surface area contributed by atoms with E-state index in [9.17, 15) is 18.0 Å². The van der Waals surface area contributed by atoms with E-state index in [0.29, 0.717) is 5.56 Å². The second-order valence-corrected chi connectivity index (χ2v) is 7.32. The van der Waals surface area contributed by atoms with E-state index in [0.717, 1.165) is 0 Å². The third-order valence-electron chi connectivity index (χ3n) is 3.23. The maximum absolute atomic E-state index is 12.4. The van der Waals surface area contributed by atoms with E-state index < -0.39 is 28.0 Å². The van der Waals surface area contributed by atoms with Gasteiger partial charge < -0.3 is 9.84 Å². The number of carboxylic acids is 1. The Labute approximate surface area is 135 Å². The third-order valence-corrected chi connectivity index (χ3v) is 4.70. The number of sulfonamides is 1. The minimum atomic E-state index is -4.07. The molecule has 1 aromatic carbocycles. The fraction of sp³-hybridized carbons (Fsp3) is 0.467. The summed E-state index contributed by atoms with van der Waals surface area (Å²) in [6.45, 7) is 5.24. The first kappa shape index (κ1) is 19.1. The van der Waals surface area contributed by atoms with Gasteiger partial charge in [0.25, 0.3) is 0 Å². The van der Waals surface area contributed by atoms with Crippen LogP contribution in [0.4, 0.5) is 0 Å². The first-order chi connectivity index (χ1) is 10.6. The molecule has 0 heterocycles. The number of carbonyl (C=O) groups is 2. The minimum absolute atomic E-state index is 0.00227. The standard InChI is InChI=1S/C15H21NO6S/c1-9(2)7-13(14(17)18)16-23(20,21)11-6-5-10(3)12(8-11)15(19)22-4/h5-6,8-9,13,16H,7H2,1-4H3,(H,17,18)/t13-/m1/s1. The van der Waals surface area contributed by atoms with E-state index in [-0.39, 0.29) is 22.8 Å². The number of hydrogen-bond donors (Lipinski definition) is 2. The van der Waals surface area contributed by atoms with Crippen molar-refractivity contribution < 1.29 is 27.9 Å². The Hall–Kier alpha value is -1.93. The average molecular weight is 343 g/mol. The summed E-state index contributed by atoms with van der Waals surface area (Å²) in [7, 11) is -2.87. The monoisotopic (exact) mass is 343 g/mol. The van der Waals surface area contributed by atoms with Crippen molar-refractivity contribution in [2.24, 2.45) is 5.92 Å². The molecule has 0 saturated carbocycles. The lowest BCUT2D eigenvalue weighted by atomic mass is 10.1. The molecule has 0 unspecified atom stereocenters. The second-order valence-electron chi connectivity index (χ2n) is 5.61. The second kappa shape index (κ2) is 7.56. The summed E-state index contributed by atoms with van der Waals surface area (Å²) in [5, 5.41) is 9.16. The Morgan fingerprint density at radius 1 is 1.30 bits per heavy atom. The van der Waals surface area contributed by atoms with Gasteiger partial charge in [0.2, 0.25) is 10.0 Å². The summed E-state index contributed by atoms with van der Waals surface area (Å²) in [4.78, 5) is 22.7. The highest BCUT2D eigenvalue weighted by Gasteiger charge is 2.27. The third kappa shape index (κ3) is 5.04. The maximum Gasteiger partial charge on any atom is 0.338 e. The number of aliphatic carboxylic acids is 1. The Bertz CT molecular complexity index is 696. The van der Waals surface area contributed by atoms with Crippen LogP contribution in [-0.4, -0.2) is 38.6 Å². The first-order valence-corrected chi connectivity index (χ1v) is 8.51. The molecule has 0 aromatic heterocycles. The summed E-state index contributed by atoms with van der Waals surface area (Å²) in [5.74, 6) is -1.90. The van der Waals surface area contributed by atoms with Crippen LogP contribution in [0.1, 0.15) is 36.2 Å². The number of nitrogens with one attached hydrogen (secondary N) is 1. The van der Waals surface area contributed by atoms with Crippen LogP contribution in [0.15, 0.2) is 23.1 Å². The fourth-order valence-corrected chi connectivity index (χ4v) is 3.25. The van der Waals surface area contributed by atoms with E-state index in [4.69, 9.17) is 5.11 Å². The molecular weight excluding hydrogens is 322 g/mol. The number of benzene rings is 1. The molecule has 0 radical (unpaired) electrons. The summed E-state index contributed by atoms with van der Waals surface area (Å²) in [6, 6.07) is 2.73. The molecule has 1 rings (SSSR count). The first-order valence-electron chi connectivity index (χ1n) is 7.02. The van der Waals surface area contributed by atoms with Crippen LogP contribution in [-0.2, 0) is 19.6 Å². The van der Waals surface area contributed by atoms with Crippen molar-refractivity contribution in [3.05, 3.63) is 29.3 Å². The van der Waals surface area contributed by atoms with Gasteiger partial charge in [-0.05, 0) is 37.0 Å². The topological polar surface area (TPSA) is 110 Å². The zero-order chi connectivity index (χ0) is 17.8. The highest BCUT2D eigenvalue weighted by Crippen LogP contribution is 2.18. The van der Waals surface area contributed by atoms with Gasteiger partial charge in [0.1, 0.15) is 6.04 Å². The summed E-state index contributed by atoms with van der Waals surface area (Å²) < 4.78 is 31.5. The van der Waals surface area contributed by atoms with Gasteiger partial charge in [0.15, 0.2) is 0 Å². The molecule has 128 valence electrons. The molecule has 0 aliphatic rings. The molecule has 0 aliphatic heterocycles. The van der Waals surface area contributed by atoms with E-state index in [1.54, 1.807) is 20.8 Å². The number of aryl methyl sites for hydroxylation is 1. The summed E-state index contributed by atoms with van der Waals surface area (Å²) in [5.41, 5.74) is 0.680.